The van der Waals surface area contributed by atoms with Crippen molar-refractivity contribution in [1.29, 1.82) is 0 Å². The van der Waals surface area contributed by atoms with Crippen molar-refractivity contribution in [1.82, 2.24) is 25.0 Å². The Balaban J connectivity index is 1.75. The third-order valence-electron chi connectivity index (χ3n) is 2.50. The molecule has 0 radical (unpaired) electrons. The Morgan fingerprint density at radius 2 is 2.22 bits per heavy atom. The summed E-state index contributed by atoms with van der Waals surface area (Å²) in [6.07, 6.45) is 4.39. The van der Waals surface area contributed by atoms with E-state index in [1.807, 2.05) is 0 Å². The van der Waals surface area contributed by atoms with Gasteiger partial charge in [-0.2, -0.15) is 4.52 Å². The van der Waals surface area contributed by atoms with Crippen LogP contribution in [0.25, 0.3) is 5.65 Å². The summed E-state index contributed by atoms with van der Waals surface area (Å²) in [5.41, 5.74) is 0.626. The molecule has 0 fully saturated rings. The number of hydrogen-bond donors (Lipinski definition) is 1. The van der Waals surface area contributed by atoms with E-state index in [-0.39, 0.29) is 0 Å². The van der Waals surface area contributed by atoms with E-state index in [0.29, 0.717) is 24.7 Å². The van der Waals surface area contributed by atoms with Crippen molar-refractivity contribution in [3.8, 4) is 0 Å². The molecule has 7 heteroatoms. The van der Waals surface area contributed by atoms with Crippen LogP contribution in [0.15, 0.2) is 12.4 Å². The molecule has 0 aromatic carbocycles. The molecule has 2 heterocycles. The summed E-state index contributed by atoms with van der Waals surface area (Å²) >= 11 is 0. The summed E-state index contributed by atoms with van der Waals surface area (Å²) in [5.74, 6) is 1.45. The van der Waals surface area contributed by atoms with Crippen LogP contribution >= 0.6 is 0 Å². The van der Waals surface area contributed by atoms with Crippen molar-refractivity contribution in [2.24, 2.45) is 5.92 Å². The molecule has 0 atom stereocenters. The smallest absolute Gasteiger partial charge is 0.199 e. The van der Waals surface area contributed by atoms with Crippen molar-refractivity contribution in [2.75, 3.05) is 25.1 Å². The largest absolute Gasteiger partial charge is 0.380 e. The van der Waals surface area contributed by atoms with Crippen LogP contribution in [-0.2, 0) is 4.74 Å². The molecule has 0 unspecified atom stereocenters. The summed E-state index contributed by atoms with van der Waals surface area (Å²) in [6.45, 7) is 6.54. The van der Waals surface area contributed by atoms with Crippen LogP contribution in [-0.4, -0.2) is 44.8 Å². The molecule has 0 amide bonds. The van der Waals surface area contributed by atoms with Crippen molar-refractivity contribution in [2.45, 2.75) is 20.3 Å². The average Bonchev–Trinajstić information content (AvgIpc) is 2.82. The maximum atomic E-state index is 5.52. The van der Waals surface area contributed by atoms with Gasteiger partial charge in [-0.1, -0.05) is 13.8 Å². The summed E-state index contributed by atoms with van der Waals surface area (Å²) in [4.78, 5) is 4.06. The standard InChI is InChI=1S/C11H18N6O/c1-9(2)3-5-18-6-4-13-10-7-12-8-11-14-15-16-17(10)11/h7-9,13H,3-6H2,1-2H3. The van der Waals surface area contributed by atoms with Crippen LogP contribution < -0.4 is 5.32 Å². The molecule has 1 N–H and O–H groups in total. The third kappa shape index (κ3) is 3.36. The summed E-state index contributed by atoms with van der Waals surface area (Å²) in [6, 6.07) is 0. The van der Waals surface area contributed by atoms with E-state index >= 15 is 0 Å². The first-order chi connectivity index (χ1) is 8.77. The average molecular weight is 250 g/mol. The molecule has 0 spiro atoms. The van der Waals surface area contributed by atoms with Crippen LogP contribution in [0.4, 0.5) is 5.82 Å². The predicted molar refractivity (Wildman–Crippen MR) is 67.3 cm³/mol. The van der Waals surface area contributed by atoms with E-state index in [1.165, 1.54) is 0 Å². The molecule has 7 nitrogen and oxygen atoms in total. The van der Waals surface area contributed by atoms with E-state index < -0.39 is 0 Å². The minimum atomic E-state index is 0.626. The van der Waals surface area contributed by atoms with Gasteiger partial charge in [-0.3, -0.25) is 4.98 Å². The zero-order chi connectivity index (χ0) is 12.8. The van der Waals surface area contributed by atoms with Gasteiger partial charge in [-0.05, 0) is 22.8 Å². The van der Waals surface area contributed by atoms with Crippen LogP contribution in [0.3, 0.4) is 0 Å². The van der Waals surface area contributed by atoms with E-state index in [9.17, 15) is 0 Å². The van der Waals surface area contributed by atoms with Crippen LogP contribution in [0.5, 0.6) is 0 Å². The maximum Gasteiger partial charge on any atom is 0.199 e. The molecule has 0 aliphatic rings. The topological polar surface area (TPSA) is 77.2 Å². The number of anilines is 1. The number of fused-ring (bicyclic) bond motifs is 1. The monoisotopic (exact) mass is 250 g/mol. The predicted octanol–water partition coefficient (Wildman–Crippen LogP) is 0.994. The highest BCUT2D eigenvalue weighted by molar-refractivity contribution is 5.43. The second kappa shape index (κ2) is 6.25. The molecule has 0 aliphatic carbocycles. The summed E-state index contributed by atoms with van der Waals surface area (Å²) in [5, 5.41) is 14.5. The van der Waals surface area contributed by atoms with Gasteiger partial charge in [-0.15, -0.1) is 5.10 Å². The van der Waals surface area contributed by atoms with Gasteiger partial charge in [0.1, 0.15) is 5.82 Å². The van der Waals surface area contributed by atoms with Gasteiger partial charge in [0.15, 0.2) is 5.65 Å². The molecule has 2 aromatic rings. The first-order valence-electron chi connectivity index (χ1n) is 6.11. The highest BCUT2D eigenvalue weighted by atomic mass is 16.5. The molecule has 0 saturated heterocycles. The van der Waals surface area contributed by atoms with Gasteiger partial charge in [-0.25, -0.2) is 0 Å². The molecular formula is C11H18N6O. The highest BCUT2D eigenvalue weighted by Gasteiger charge is 2.02. The second-order valence-corrected chi connectivity index (χ2v) is 4.46. The van der Waals surface area contributed by atoms with E-state index in [1.54, 1.807) is 16.9 Å². The van der Waals surface area contributed by atoms with Crippen LogP contribution in [0.1, 0.15) is 20.3 Å². The Bertz CT molecular complexity index is 483. The fourth-order valence-electron chi connectivity index (χ4n) is 1.47. The number of nitrogens with one attached hydrogen (secondary N) is 1. The minimum Gasteiger partial charge on any atom is -0.380 e. The van der Waals surface area contributed by atoms with Crippen molar-refractivity contribution in [3.63, 3.8) is 0 Å². The minimum absolute atomic E-state index is 0.626. The second-order valence-electron chi connectivity index (χ2n) is 4.46. The number of tetrazole rings is 1. The quantitative estimate of drug-likeness (QED) is 0.738. The first kappa shape index (κ1) is 12.7. The zero-order valence-electron chi connectivity index (χ0n) is 10.7. The fourth-order valence-corrected chi connectivity index (χ4v) is 1.47. The van der Waals surface area contributed by atoms with Crippen molar-refractivity contribution < 1.29 is 4.74 Å². The number of aromatic nitrogens is 5. The Kier molecular flexibility index (Phi) is 4.40. The third-order valence-corrected chi connectivity index (χ3v) is 2.50. The van der Waals surface area contributed by atoms with Crippen molar-refractivity contribution >= 4 is 11.5 Å². The molecular weight excluding hydrogens is 232 g/mol. The lowest BCUT2D eigenvalue weighted by molar-refractivity contribution is 0.132. The lowest BCUT2D eigenvalue weighted by atomic mass is 10.1. The lowest BCUT2D eigenvalue weighted by Gasteiger charge is -2.08. The van der Waals surface area contributed by atoms with Gasteiger partial charge in [0, 0.05) is 13.2 Å². The Labute approximate surface area is 106 Å². The number of rotatable bonds is 7. The zero-order valence-corrected chi connectivity index (χ0v) is 10.7. The van der Waals surface area contributed by atoms with Gasteiger partial charge in [0.2, 0.25) is 0 Å². The van der Waals surface area contributed by atoms with E-state index in [2.05, 4.69) is 39.7 Å². The molecule has 0 bridgehead atoms. The number of ether oxygens (including phenoxy) is 1. The van der Waals surface area contributed by atoms with Crippen LogP contribution in [0, 0.1) is 5.92 Å². The first-order valence-corrected chi connectivity index (χ1v) is 6.11. The summed E-state index contributed by atoms with van der Waals surface area (Å²) < 4.78 is 7.13. The SMILES string of the molecule is CC(C)CCOCCNc1cncc2nnnn12. The molecule has 2 aromatic heterocycles. The van der Waals surface area contributed by atoms with Crippen molar-refractivity contribution in [3.05, 3.63) is 12.4 Å². The summed E-state index contributed by atoms with van der Waals surface area (Å²) in [7, 11) is 0. The van der Waals surface area contributed by atoms with Crippen LogP contribution in [0.2, 0.25) is 0 Å². The number of nitrogens with zero attached hydrogens (tertiary/aromatic N) is 5. The van der Waals surface area contributed by atoms with E-state index in [4.69, 9.17) is 4.74 Å². The van der Waals surface area contributed by atoms with Gasteiger partial charge in [0.05, 0.1) is 19.0 Å². The molecule has 98 valence electrons. The highest BCUT2D eigenvalue weighted by Crippen LogP contribution is 2.05. The maximum absolute atomic E-state index is 5.52. The fraction of sp³-hybridized carbons (Fsp3) is 0.636. The normalized spacial score (nSPS) is 11.3. The molecule has 2 rings (SSSR count). The lowest BCUT2D eigenvalue weighted by Crippen LogP contribution is -2.13. The van der Waals surface area contributed by atoms with Gasteiger partial charge in [0.25, 0.3) is 0 Å². The molecule has 0 saturated carbocycles. The number of hydrogen-bond acceptors (Lipinski definition) is 6. The van der Waals surface area contributed by atoms with Gasteiger partial charge >= 0.3 is 0 Å². The Morgan fingerprint density at radius 3 is 3.06 bits per heavy atom. The Hall–Kier alpha value is -1.76. The molecule has 0 aliphatic heterocycles. The Morgan fingerprint density at radius 1 is 1.33 bits per heavy atom. The van der Waals surface area contributed by atoms with E-state index in [0.717, 1.165) is 18.8 Å². The van der Waals surface area contributed by atoms with Gasteiger partial charge < -0.3 is 10.1 Å². The molecule has 18 heavy (non-hydrogen) atoms.